The second kappa shape index (κ2) is 17.2. The number of rotatable bonds is 16. The number of nitrogens with one attached hydrogen (secondary N) is 3. The Kier molecular flexibility index (Phi) is 12.9. The van der Waals surface area contributed by atoms with Crippen molar-refractivity contribution in [3.8, 4) is 28.4 Å². The Morgan fingerprint density at radius 2 is 1.29 bits per heavy atom. The molecule has 48 heavy (non-hydrogen) atoms. The summed E-state index contributed by atoms with van der Waals surface area (Å²) in [5.74, 6) is -0.915. The average molecular weight is 654 g/mol. The zero-order valence-electron chi connectivity index (χ0n) is 28.0. The summed E-state index contributed by atoms with van der Waals surface area (Å²) in [6.45, 7) is 3.63. The van der Waals surface area contributed by atoms with Crippen LogP contribution < -0.4 is 30.2 Å². The van der Waals surface area contributed by atoms with E-state index in [0.29, 0.717) is 22.9 Å². The van der Waals surface area contributed by atoms with E-state index in [-0.39, 0.29) is 18.8 Å². The number of carbonyl (C=O) groups is 2. The smallest absolute Gasteiger partial charge is 0.475 e. The van der Waals surface area contributed by atoms with E-state index < -0.39 is 37.0 Å². The zero-order valence-corrected chi connectivity index (χ0v) is 28.0. The fourth-order valence-electron chi connectivity index (χ4n) is 5.48. The van der Waals surface area contributed by atoms with Gasteiger partial charge in [0, 0.05) is 12.1 Å². The summed E-state index contributed by atoms with van der Waals surface area (Å²) in [5.41, 5.74) is 4.26. The second-order valence-electron chi connectivity index (χ2n) is 11.8. The Balaban J connectivity index is 1.62. The van der Waals surface area contributed by atoms with E-state index >= 15 is 0 Å². The van der Waals surface area contributed by atoms with Gasteiger partial charge in [-0.3, -0.25) is 9.59 Å². The number of amides is 2. The van der Waals surface area contributed by atoms with Gasteiger partial charge in [0.05, 0.1) is 27.3 Å². The fourth-order valence-corrected chi connectivity index (χ4v) is 5.48. The van der Waals surface area contributed by atoms with E-state index in [1.807, 2.05) is 98.8 Å². The Labute approximate surface area is 282 Å². The standard InChI is InChI=1S/C37H44BN3O7/c1-24(2)34(37(43)40-33(38(44)45)22-25-13-8-6-9-14-25)41-36(42)30(19-26-20-31(46-3)35(48-5)32(21-26)47-4)39-29-18-12-17-28(23-29)27-15-10-7-11-16-27/h6-18,20-21,23-24,30,33-34,39,44-45H,19,22H2,1-5H3,(H,40,43)(H,41,42). The van der Waals surface area contributed by atoms with Crippen molar-refractivity contribution in [2.45, 2.75) is 44.7 Å². The molecule has 0 radical (unpaired) electrons. The van der Waals surface area contributed by atoms with Crippen molar-refractivity contribution in [1.82, 2.24) is 10.6 Å². The number of carbonyl (C=O) groups excluding carboxylic acids is 2. The number of hydrogen-bond donors (Lipinski definition) is 5. The molecule has 5 N–H and O–H groups in total. The van der Waals surface area contributed by atoms with Gasteiger partial charge in [-0.1, -0.05) is 86.6 Å². The lowest BCUT2D eigenvalue weighted by atomic mass is 9.75. The summed E-state index contributed by atoms with van der Waals surface area (Å²) >= 11 is 0. The maximum atomic E-state index is 14.1. The Hall–Kier alpha value is -5.00. The molecule has 0 bridgehead atoms. The van der Waals surface area contributed by atoms with Gasteiger partial charge in [-0.15, -0.1) is 0 Å². The van der Waals surface area contributed by atoms with Crippen LogP contribution in [-0.4, -0.2) is 68.3 Å². The van der Waals surface area contributed by atoms with Crippen molar-refractivity contribution in [2.75, 3.05) is 26.6 Å². The SMILES string of the molecule is COc1cc(CC(Nc2cccc(-c3ccccc3)c2)C(=O)NC(C(=O)NC(Cc2ccccc2)B(O)O)C(C)C)cc(OC)c1OC. The van der Waals surface area contributed by atoms with Crippen molar-refractivity contribution in [1.29, 1.82) is 0 Å². The van der Waals surface area contributed by atoms with E-state index in [1.54, 1.807) is 12.1 Å². The molecule has 0 aliphatic heterocycles. The number of methoxy groups -OCH3 is 3. The summed E-state index contributed by atoms with van der Waals surface area (Å²) in [6, 6.07) is 28.7. The molecule has 252 valence electrons. The lowest BCUT2D eigenvalue weighted by molar-refractivity contribution is -0.130. The summed E-state index contributed by atoms with van der Waals surface area (Å²) in [7, 11) is 2.77. The first-order valence-corrected chi connectivity index (χ1v) is 15.8. The maximum absolute atomic E-state index is 14.1. The van der Waals surface area contributed by atoms with Crippen molar-refractivity contribution in [2.24, 2.45) is 5.92 Å². The normalized spacial score (nSPS) is 12.8. The largest absolute Gasteiger partial charge is 0.493 e. The molecule has 0 spiro atoms. The molecule has 4 aromatic carbocycles. The van der Waals surface area contributed by atoms with E-state index in [1.165, 1.54) is 21.3 Å². The van der Waals surface area contributed by atoms with E-state index in [2.05, 4.69) is 16.0 Å². The third-order valence-corrected chi connectivity index (χ3v) is 8.02. The maximum Gasteiger partial charge on any atom is 0.475 e. The molecule has 4 aromatic rings. The van der Waals surface area contributed by atoms with Gasteiger partial charge in [0.1, 0.15) is 12.1 Å². The third-order valence-electron chi connectivity index (χ3n) is 8.02. The Bertz CT molecular complexity index is 1610. The second-order valence-corrected chi connectivity index (χ2v) is 11.8. The third kappa shape index (κ3) is 9.52. The van der Waals surface area contributed by atoms with Crippen LogP contribution in [0.15, 0.2) is 97.1 Å². The van der Waals surface area contributed by atoms with Crippen LogP contribution in [-0.2, 0) is 22.4 Å². The van der Waals surface area contributed by atoms with Crippen LogP contribution in [0, 0.1) is 5.92 Å². The molecule has 0 saturated heterocycles. The first-order valence-electron chi connectivity index (χ1n) is 15.8. The summed E-state index contributed by atoms with van der Waals surface area (Å²) < 4.78 is 16.6. The summed E-state index contributed by atoms with van der Waals surface area (Å²) in [4.78, 5) is 27.7. The van der Waals surface area contributed by atoms with Crippen LogP contribution in [0.25, 0.3) is 11.1 Å². The molecule has 10 nitrogen and oxygen atoms in total. The lowest BCUT2D eigenvalue weighted by Crippen LogP contribution is -2.58. The van der Waals surface area contributed by atoms with Gasteiger partial charge in [-0.2, -0.15) is 0 Å². The van der Waals surface area contributed by atoms with Gasteiger partial charge in [0.2, 0.25) is 17.6 Å². The highest BCUT2D eigenvalue weighted by molar-refractivity contribution is 6.43. The lowest BCUT2D eigenvalue weighted by Gasteiger charge is -2.28. The highest BCUT2D eigenvalue weighted by Crippen LogP contribution is 2.38. The van der Waals surface area contributed by atoms with Crippen LogP contribution in [0.2, 0.25) is 0 Å². The minimum atomic E-state index is -1.80. The predicted octanol–water partition coefficient (Wildman–Crippen LogP) is 4.28. The Morgan fingerprint density at radius 3 is 1.85 bits per heavy atom. The molecule has 0 aliphatic carbocycles. The summed E-state index contributed by atoms with van der Waals surface area (Å²) in [6.07, 6.45) is 0.405. The van der Waals surface area contributed by atoms with Crippen LogP contribution >= 0.6 is 0 Å². The Morgan fingerprint density at radius 1 is 0.688 bits per heavy atom. The quantitative estimate of drug-likeness (QED) is 0.113. The van der Waals surface area contributed by atoms with Crippen LogP contribution in [0.3, 0.4) is 0 Å². The van der Waals surface area contributed by atoms with Crippen molar-refractivity contribution in [3.05, 3.63) is 108 Å². The minimum Gasteiger partial charge on any atom is -0.493 e. The van der Waals surface area contributed by atoms with Crippen molar-refractivity contribution >= 4 is 24.6 Å². The molecule has 0 saturated carbocycles. The fraction of sp³-hybridized carbons (Fsp3) is 0.297. The molecular formula is C37H44BN3O7. The highest BCUT2D eigenvalue weighted by atomic mass is 16.5. The van der Waals surface area contributed by atoms with Crippen LogP contribution in [0.5, 0.6) is 17.2 Å². The average Bonchev–Trinajstić information content (AvgIpc) is 3.10. The van der Waals surface area contributed by atoms with Gasteiger partial charge < -0.3 is 40.2 Å². The molecular weight excluding hydrogens is 609 g/mol. The van der Waals surface area contributed by atoms with Crippen molar-refractivity contribution < 1.29 is 33.8 Å². The van der Waals surface area contributed by atoms with Gasteiger partial charge in [0.25, 0.3) is 0 Å². The minimum absolute atomic E-state index is 0.200. The number of hydrogen-bond acceptors (Lipinski definition) is 8. The first-order chi connectivity index (χ1) is 23.1. The molecule has 4 rings (SSSR count). The number of ether oxygens (including phenoxy) is 3. The molecule has 3 atom stereocenters. The van der Waals surface area contributed by atoms with Crippen LogP contribution in [0.4, 0.5) is 5.69 Å². The molecule has 2 amide bonds. The molecule has 0 aromatic heterocycles. The summed E-state index contributed by atoms with van der Waals surface area (Å²) in [5, 5.41) is 29.2. The van der Waals surface area contributed by atoms with Crippen molar-refractivity contribution in [3.63, 3.8) is 0 Å². The topological polar surface area (TPSA) is 138 Å². The predicted molar refractivity (Wildman–Crippen MR) is 188 cm³/mol. The van der Waals surface area contributed by atoms with Crippen LogP contribution in [0.1, 0.15) is 25.0 Å². The van der Waals surface area contributed by atoms with Gasteiger partial charge in [-0.25, -0.2) is 0 Å². The molecule has 11 heteroatoms. The van der Waals surface area contributed by atoms with Gasteiger partial charge in [-0.05, 0) is 58.9 Å². The number of anilines is 1. The molecule has 0 aliphatic rings. The van der Waals surface area contributed by atoms with E-state index in [4.69, 9.17) is 14.2 Å². The van der Waals surface area contributed by atoms with Gasteiger partial charge in [0.15, 0.2) is 11.5 Å². The molecule has 0 heterocycles. The monoisotopic (exact) mass is 653 g/mol. The molecule has 0 fully saturated rings. The number of benzene rings is 4. The zero-order chi connectivity index (χ0) is 34.6. The van der Waals surface area contributed by atoms with Gasteiger partial charge >= 0.3 is 7.12 Å². The molecule has 3 unspecified atom stereocenters. The van der Waals surface area contributed by atoms with E-state index in [0.717, 1.165) is 22.3 Å². The highest BCUT2D eigenvalue weighted by Gasteiger charge is 2.33. The first kappa shape index (κ1) is 35.9. The van der Waals surface area contributed by atoms with E-state index in [9.17, 15) is 19.6 Å².